The normalized spacial score (nSPS) is 25.8. The molecule has 0 aromatic carbocycles. The van der Waals surface area contributed by atoms with Gasteiger partial charge in [0.15, 0.2) is 0 Å². The summed E-state index contributed by atoms with van der Waals surface area (Å²) in [5.41, 5.74) is -0.0195. The molecule has 1 heterocycles. The Morgan fingerprint density at radius 1 is 0.941 bits per heavy atom. The second kappa shape index (κ2) is 13.1. The molecule has 0 aromatic rings. The summed E-state index contributed by atoms with van der Waals surface area (Å²) in [6.45, 7) is 16.2. The van der Waals surface area contributed by atoms with E-state index in [0.29, 0.717) is 19.7 Å². The Morgan fingerprint density at radius 2 is 1.53 bits per heavy atom. The number of rotatable bonds is 15. The maximum Gasteiger partial charge on any atom is 0.345 e. The maximum atomic E-state index is 14.1. The van der Waals surface area contributed by atoms with Gasteiger partial charge in [-0.1, -0.05) is 41.0 Å². The molecule has 34 heavy (non-hydrogen) atoms. The molecule has 204 valence electrons. The largest absolute Gasteiger partial charge is 0.370 e. The predicted molar refractivity (Wildman–Crippen MR) is 143 cm³/mol. The van der Waals surface area contributed by atoms with Crippen molar-refractivity contribution in [3.63, 3.8) is 0 Å². The van der Waals surface area contributed by atoms with Crippen molar-refractivity contribution in [2.24, 2.45) is 5.41 Å². The molecular formula is C24H53N3O5P2. The predicted octanol–water partition coefficient (Wildman–Crippen LogP) is 6.33. The molecule has 0 bridgehead atoms. The Labute approximate surface area is 210 Å². The first kappa shape index (κ1) is 32.2. The lowest BCUT2D eigenvalue weighted by Crippen LogP contribution is -2.49. The van der Waals surface area contributed by atoms with E-state index in [1.807, 2.05) is 25.7 Å². The molecule has 1 rings (SSSR count). The van der Waals surface area contributed by atoms with Crippen LogP contribution in [0.1, 0.15) is 80.6 Å². The van der Waals surface area contributed by atoms with Crippen LogP contribution in [0.2, 0.25) is 0 Å². The number of morpholine rings is 1. The van der Waals surface area contributed by atoms with E-state index in [1.54, 1.807) is 23.4 Å². The second-order valence-corrected chi connectivity index (χ2v) is 16.6. The third kappa shape index (κ3) is 7.38. The Balaban J connectivity index is 3.08. The second-order valence-electron chi connectivity index (χ2n) is 10.8. The molecule has 8 nitrogen and oxygen atoms in total. The van der Waals surface area contributed by atoms with Gasteiger partial charge >= 0.3 is 7.67 Å². The third-order valence-corrected chi connectivity index (χ3v) is 13.6. The van der Waals surface area contributed by atoms with Gasteiger partial charge in [-0.25, -0.2) is 14.0 Å². The lowest BCUT2D eigenvalue weighted by molar-refractivity contribution is -0.0772. The van der Waals surface area contributed by atoms with Crippen LogP contribution in [0.15, 0.2) is 0 Å². The van der Waals surface area contributed by atoms with Gasteiger partial charge in [-0.15, -0.1) is 0 Å². The van der Waals surface area contributed by atoms with Crippen LogP contribution in [0.25, 0.3) is 0 Å². The monoisotopic (exact) mass is 525 g/mol. The third-order valence-electron chi connectivity index (χ3n) is 7.65. The van der Waals surface area contributed by atoms with Gasteiger partial charge in [-0.05, 0) is 73.1 Å². The lowest BCUT2D eigenvalue weighted by atomic mass is 9.86. The molecule has 0 aliphatic carbocycles. The molecule has 0 saturated carbocycles. The van der Waals surface area contributed by atoms with Crippen molar-refractivity contribution in [1.29, 1.82) is 0 Å². The van der Waals surface area contributed by atoms with Crippen LogP contribution in [0.4, 0.5) is 0 Å². The van der Waals surface area contributed by atoms with E-state index >= 15 is 0 Å². The summed E-state index contributed by atoms with van der Waals surface area (Å²) in [5, 5.41) is -0.433. The average molecular weight is 526 g/mol. The van der Waals surface area contributed by atoms with Gasteiger partial charge < -0.3 is 13.8 Å². The quantitative estimate of drug-likeness (QED) is 0.230. The van der Waals surface area contributed by atoms with Crippen molar-refractivity contribution in [2.75, 3.05) is 54.5 Å². The summed E-state index contributed by atoms with van der Waals surface area (Å²) in [4.78, 5) is 0. The molecule has 0 radical (unpaired) electrons. The summed E-state index contributed by atoms with van der Waals surface area (Å²) in [5.74, 6) is 0. The molecule has 3 unspecified atom stereocenters. The fourth-order valence-electron chi connectivity index (χ4n) is 4.46. The zero-order chi connectivity index (χ0) is 26.4. The summed E-state index contributed by atoms with van der Waals surface area (Å²) < 4.78 is 52.2. The van der Waals surface area contributed by atoms with Crippen molar-refractivity contribution >= 4 is 15.2 Å². The average Bonchev–Trinajstić information content (AvgIpc) is 2.79. The van der Waals surface area contributed by atoms with Gasteiger partial charge in [0.2, 0.25) is 0 Å². The lowest BCUT2D eigenvalue weighted by Gasteiger charge is -2.44. The molecule has 1 aliphatic rings. The van der Waals surface area contributed by atoms with Crippen molar-refractivity contribution in [3.8, 4) is 0 Å². The van der Waals surface area contributed by atoms with Gasteiger partial charge in [-0.2, -0.15) is 0 Å². The van der Waals surface area contributed by atoms with E-state index in [1.165, 1.54) is 0 Å². The number of hydrogen-bond acceptors (Lipinski definition) is 5. The molecule has 0 aromatic heterocycles. The Hall–Kier alpha value is 0.220. The van der Waals surface area contributed by atoms with Crippen LogP contribution in [-0.4, -0.2) is 85.9 Å². The van der Waals surface area contributed by atoms with Crippen LogP contribution in [-0.2, 0) is 22.9 Å². The zero-order valence-corrected chi connectivity index (χ0v) is 25.6. The summed E-state index contributed by atoms with van der Waals surface area (Å²) >= 11 is 0. The molecular weight excluding hydrogens is 472 g/mol. The van der Waals surface area contributed by atoms with Gasteiger partial charge in [0.1, 0.15) is 0 Å². The fraction of sp³-hybridized carbons (Fsp3) is 1.00. The van der Waals surface area contributed by atoms with Crippen LogP contribution in [0.3, 0.4) is 0 Å². The van der Waals surface area contributed by atoms with Crippen LogP contribution in [0.5, 0.6) is 0 Å². The first-order valence-electron chi connectivity index (χ1n) is 12.9. The minimum Gasteiger partial charge on any atom is -0.370 e. The van der Waals surface area contributed by atoms with Gasteiger partial charge in [0.25, 0.3) is 7.52 Å². The molecule has 5 atom stereocenters. The van der Waals surface area contributed by atoms with E-state index in [4.69, 9.17) is 13.8 Å². The minimum absolute atomic E-state index is 0.0195. The number of nitrogens with zero attached hydrogens (tertiary/aromatic N) is 3. The highest BCUT2D eigenvalue weighted by atomic mass is 31.2. The summed E-state index contributed by atoms with van der Waals surface area (Å²) in [6.07, 6.45) is 3.96. The summed E-state index contributed by atoms with van der Waals surface area (Å²) in [7, 11) is 0.904. The minimum atomic E-state index is -3.24. The van der Waals surface area contributed by atoms with Crippen molar-refractivity contribution in [2.45, 2.75) is 97.9 Å². The highest BCUT2D eigenvalue weighted by Crippen LogP contribution is 2.64. The number of hydrogen-bond donors (Lipinski definition) is 0. The molecule has 1 aliphatic heterocycles. The Kier molecular flexibility index (Phi) is 12.5. The molecule has 0 amide bonds. The van der Waals surface area contributed by atoms with Crippen molar-refractivity contribution < 1.29 is 22.9 Å². The van der Waals surface area contributed by atoms with Crippen molar-refractivity contribution in [1.82, 2.24) is 14.0 Å². The van der Waals surface area contributed by atoms with Crippen LogP contribution in [0, 0.1) is 5.41 Å². The first-order valence-corrected chi connectivity index (χ1v) is 16.0. The van der Waals surface area contributed by atoms with Crippen molar-refractivity contribution in [3.05, 3.63) is 0 Å². The first-order chi connectivity index (χ1) is 15.7. The number of ether oxygens (including phenoxy) is 1. The molecule has 10 heteroatoms. The Bertz CT molecular complexity index is 717. The molecule has 1 saturated heterocycles. The highest BCUT2D eigenvalue weighted by molar-refractivity contribution is 7.58. The van der Waals surface area contributed by atoms with Crippen LogP contribution >= 0.6 is 15.2 Å². The maximum absolute atomic E-state index is 14.1. The molecule has 0 spiro atoms. The standard InChI is InChI=1S/C24H53N3O5P2/c1-12-16-24(7,15-4)33(28,25(8)9)30-19-22-18-27(17-21(5)32-22)34(29,26(10)11)31-20-23(6,13-2)14-3/h21-22H,12-20H2,1-11H3/t21-,22-,24?,33?,34?/m0/s1. The SMILES string of the molecule is CCCC(C)(CC)P(=O)(OC[C@@H]1CN(P(=O)(OCC(C)(CC)CC)N(C)C)C[C@H](C)O1)N(C)C. The smallest absolute Gasteiger partial charge is 0.345 e. The zero-order valence-electron chi connectivity index (χ0n) is 23.8. The van der Waals surface area contributed by atoms with E-state index in [2.05, 4.69) is 41.5 Å². The van der Waals surface area contributed by atoms with E-state index in [0.717, 1.165) is 32.1 Å². The summed E-state index contributed by atoms with van der Waals surface area (Å²) in [6, 6.07) is 0. The fourth-order valence-corrected chi connectivity index (χ4v) is 9.45. The van der Waals surface area contributed by atoms with Gasteiger partial charge in [0, 0.05) is 13.1 Å². The molecule has 0 N–H and O–H groups in total. The molecule has 1 fully saturated rings. The van der Waals surface area contributed by atoms with Gasteiger partial charge in [-0.3, -0.25) is 9.13 Å². The van der Waals surface area contributed by atoms with E-state index in [9.17, 15) is 9.13 Å². The highest BCUT2D eigenvalue weighted by Gasteiger charge is 2.47. The van der Waals surface area contributed by atoms with Crippen LogP contribution < -0.4 is 0 Å². The topological polar surface area (TPSA) is 71.5 Å². The Morgan fingerprint density at radius 3 is 1.97 bits per heavy atom. The van der Waals surface area contributed by atoms with E-state index in [-0.39, 0.29) is 24.2 Å². The van der Waals surface area contributed by atoms with Gasteiger partial charge in [0.05, 0.1) is 30.6 Å². The van der Waals surface area contributed by atoms with E-state index < -0.39 is 20.3 Å².